The number of carbonyl (C=O) groups is 2. The summed E-state index contributed by atoms with van der Waals surface area (Å²) in [4.78, 5) is 36.2. The second-order valence-corrected chi connectivity index (χ2v) is 10.9. The Morgan fingerprint density at radius 1 is 1.21 bits per heavy atom. The van der Waals surface area contributed by atoms with Crippen molar-refractivity contribution < 1.29 is 23.8 Å². The molecule has 3 aliphatic heterocycles. The summed E-state index contributed by atoms with van der Waals surface area (Å²) in [5.41, 5.74) is -0.707. The first-order valence-electron chi connectivity index (χ1n) is 11.1. The first-order chi connectivity index (χ1) is 15.4. The maximum absolute atomic E-state index is 13.8. The van der Waals surface area contributed by atoms with E-state index in [2.05, 4.69) is 4.98 Å². The Bertz CT molecular complexity index is 965. The number of aromatic nitrogens is 1. The summed E-state index contributed by atoms with van der Waals surface area (Å²) in [6.45, 7) is 12.2. The first-order valence-corrected chi connectivity index (χ1v) is 11.8. The zero-order valence-corrected chi connectivity index (χ0v) is 21.1. The molecule has 1 aromatic heterocycles. The van der Waals surface area contributed by atoms with Crippen LogP contribution >= 0.6 is 23.2 Å². The molecule has 0 N–H and O–H groups in total. The fourth-order valence-corrected chi connectivity index (χ4v) is 4.70. The minimum absolute atomic E-state index is 0.0813. The van der Waals surface area contributed by atoms with Gasteiger partial charge in [-0.3, -0.25) is 4.79 Å². The molecule has 0 saturated carbocycles. The average molecular weight is 501 g/mol. The molecule has 9 nitrogen and oxygen atoms in total. The average Bonchev–Trinajstić information content (AvgIpc) is 2.85. The zero-order valence-electron chi connectivity index (χ0n) is 19.6. The highest BCUT2D eigenvalue weighted by molar-refractivity contribution is 6.42. The molecule has 0 unspecified atom stereocenters. The maximum Gasteiger partial charge on any atom is 0.410 e. The number of rotatable bonds is 1. The van der Waals surface area contributed by atoms with Gasteiger partial charge in [-0.2, -0.15) is 0 Å². The van der Waals surface area contributed by atoms with E-state index in [0.717, 1.165) is 0 Å². The van der Waals surface area contributed by atoms with Crippen LogP contribution in [-0.4, -0.2) is 90.0 Å². The highest BCUT2D eigenvalue weighted by atomic mass is 35.5. The number of piperazine rings is 1. The molecule has 0 spiro atoms. The van der Waals surface area contributed by atoms with Gasteiger partial charge >= 0.3 is 6.09 Å². The number of halogens is 2. The van der Waals surface area contributed by atoms with Gasteiger partial charge in [0.25, 0.3) is 5.91 Å². The van der Waals surface area contributed by atoms with Gasteiger partial charge in [0.2, 0.25) is 0 Å². The largest absolute Gasteiger partial charge is 0.489 e. The van der Waals surface area contributed by atoms with Crippen LogP contribution in [0.3, 0.4) is 0 Å². The second kappa shape index (κ2) is 8.67. The summed E-state index contributed by atoms with van der Waals surface area (Å²) in [5, 5.41) is 0.192. The molecule has 1 atom stereocenters. The van der Waals surface area contributed by atoms with E-state index in [-0.39, 0.29) is 34.5 Å². The lowest BCUT2D eigenvalue weighted by atomic mass is 10.1. The van der Waals surface area contributed by atoms with Crippen molar-refractivity contribution in [3.8, 4) is 5.75 Å². The Kier molecular flexibility index (Phi) is 6.35. The van der Waals surface area contributed by atoms with E-state index in [9.17, 15) is 9.59 Å². The number of nitrogens with zero attached hydrogens (tertiary/aromatic N) is 4. The van der Waals surface area contributed by atoms with Crippen LogP contribution in [0.1, 0.15) is 45.0 Å². The number of anilines is 1. The van der Waals surface area contributed by atoms with Crippen LogP contribution in [0.2, 0.25) is 10.2 Å². The normalized spacial score (nSPS) is 22.8. The number of ether oxygens (including phenoxy) is 3. The molecule has 3 aliphatic rings. The topological polar surface area (TPSA) is 84.4 Å². The summed E-state index contributed by atoms with van der Waals surface area (Å²) >= 11 is 12.8. The molecule has 2 saturated heterocycles. The van der Waals surface area contributed by atoms with Crippen molar-refractivity contribution in [1.29, 1.82) is 0 Å². The van der Waals surface area contributed by atoms with E-state index in [1.165, 1.54) is 0 Å². The highest BCUT2D eigenvalue weighted by Crippen LogP contribution is 2.42. The van der Waals surface area contributed by atoms with Gasteiger partial charge in [0.1, 0.15) is 28.6 Å². The van der Waals surface area contributed by atoms with E-state index in [0.29, 0.717) is 50.7 Å². The molecule has 1 aromatic rings. The Labute approximate surface area is 203 Å². The predicted octanol–water partition coefficient (Wildman–Crippen LogP) is 3.46. The molecule has 0 bridgehead atoms. The third-order valence-electron chi connectivity index (χ3n) is 5.79. The van der Waals surface area contributed by atoms with Crippen LogP contribution < -0.4 is 9.64 Å². The van der Waals surface area contributed by atoms with Crippen LogP contribution in [0.25, 0.3) is 0 Å². The first kappa shape index (κ1) is 24.2. The molecule has 0 radical (unpaired) electrons. The van der Waals surface area contributed by atoms with Crippen molar-refractivity contribution in [2.45, 2.75) is 51.9 Å². The molecule has 33 heavy (non-hydrogen) atoms. The number of morpholine rings is 1. The Balaban J connectivity index is 1.65. The quantitative estimate of drug-likeness (QED) is 0.545. The molecule has 2 amide bonds. The summed E-state index contributed by atoms with van der Waals surface area (Å²) in [7, 11) is 0. The minimum Gasteiger partial charge on any atom is -0.489 e. The summed E-state index contributed by atoms with van der Waals surface area (Å²) < 4.78 is 17.4. The lowest BCUT2D eigenvalue weighted by molar-refractivity contribution is -0.0279. The Morgan fingerprint density at radius 3 is 2.61 bits per heavy atom. The van der Waals surface area contributed by atoms with Gasteiger partial charge in [-0.1, -0.05) is 23.2 Å². The summed E-state index contributed by atoms with van der Waals surface area (Å²) in [5.74, 6) is 0.442. The fourth-order valence-electron chi connectivity index (χ4n) is 4.34. The zero-order chi connectivity index (χ0) is 24.1. The third kappa shape index (κ3) is 4.95. The molecular formula is C22H30Cl2N4O5. The predicted molar refractivity (Wildman–Crippen MR) is 125 cm³/mol. The standard InChI is InChI=1S/C22H30Cl2N4O5/c1-21(2,3)33-20(30)26-6-7-28-13(10-26)11-31-16-14(19(28)29)18(25-17(24)15(16)23)27-8-9-32-22(4,5)12-27/h13H,6-12H2,1-5H3/t13-/m0/s1. The van der Waals surface area contributed by atoms with Gasteiger partial charge in [0, 0.05) is 32.7 Å². The van der Waals surface area contributed by atoms with Crippen molar-refractivity contribution >= 4 is 41.0 Å². The lowest BCUT2D eigenvalue weighted by Gasteiger charge is -2.41. The lowest BCUT2D eigenvalue weighted by Crippen LogP contribution is -2.58. The van der Waals surface area contributed by atoms with Crippen LogP contribution in [-0.2, 0) is 9.47 Å². The smallest absolute Gasteiger partial charge is 0.410 e. The van der Waals surface area contributed by atoms with Crippen molar-refractivity contribution in [1.82, 2.24) is 14.8 Å². The number of carbonyl (C=O) groups excluding carboxylic acids is 2. The van der Waals surface area contributed by atoms with Crippen molar-refractivity contribution in [3.05, 3.63) is 15.7 Å². The van der Waals surface area contributed by atoms with E-state index < -0.39 is 17.3 Å². The van der Waals surface area contributed by atoms with Crippen LogP contribution in [0.5, 0.6) is 5.75 Å². The SMILES string of the molecule is CC(C)(C)OC(=O)N1CCN2C(=O)c3c(N4CCOC(C)(C)C4)nc(Cl)c(Cl)c3OC[C@@H]2C1. The number of amides is 2. The monoisotopic (exact) mass is 500 g/mol. The number of hydrogen-bond donors (Lipinski definition) is 0. The van der Waals surface area contributed by atoms with Crippen molar-refractivity contribution in [3.63, 3.8) is 0 Å². The van der Waals surface area contributed by atoms with Gasteiger partial charge in [-0.15, -0.1) is 0 Å². The van der Waals surface area contributed by atoms with Crippen LogP contribution in [0.4, 0.5) is 10.6 Å². The number of pyridine rings is 1. The number of fused-ring (bicyclic) bond motifs is 2. The van der Waals surface area contributed by atoms with E-state index in [4.69, 9.17) is 37.4 Å². The molecule has 2 fully saturated rings. The maximum atomic E-state index is 13.8. The number of hydrogen-bond acceptors (Lipinski definition) is 7. The molecule has 4 rings (SSSR count). The highest BCUT2D eigenvalue weighted by Gasteiger charge is 2.42. The molecule has 4 heterocycles. The Hall–Kier alpha value is -1.97. The van der Waals surface area contributed by atoms with Crippen molar-refractivity contribution in [2.75, 3.05) is 50.8 Å². The van der Waals surface area contributed by atoms with E-state index >= 15 is 0 Å². The van der Waals surface area contributed by atoms with Crippen molar-refractivity contribution in [2.24, 2.45) is 0 Å². The molecular weight excluding hydrogens is 471 g/mol. The summed E-state index contributed by atoms with van der Waals surface area (Å²) in [6, 6.07) is -0.352. The van der Waals surface area contributed by atoms with E-state index in [1.807, 2.05) is 39.5 Å². The fraction of sp³-hybridized carbons (Fsp3) is 0.682. The molecule has 0 aromatic carbocycles. The van der Waals surface area contributed by atoms with Crippen LogP contribution in [0, 0.1) is 0 Å². The van der Waals surface area contributed by atoms with Gasteiger partial charge in [-0.05, 0) is 34.6 Å². The third-order valence-corrected chi connectivity index (χ3v) is 6.51. The molecule has 0 aliphatic carbocycles. The van der Waals surface area contributed by atoms with Gasteiger partial charge < -0.3 is 28.9 Å². The van der Waals surface area contributed by atoms with Crippen LogP contribution in [0.15, 0.2) is 0 Å². The van der Waals surface area contributed by atoms with E-state index in [1.54, 1.807) is 9.80 Å². The minimum atomic E-state index is -0.600. The summed E-state index contributed by atoms with van der Waals surface area (Å²) in [6.07, 6.45) is -0.407. The van der Waals surface area contributed by atoms with Gasteiger partial charge in [-0.25, -0.2) is 9.78 Å². The van der Waals surface area contributed by atoms with Gasteiger partial charge in [0.15, 0.2) is 10.9 Å². The molecule has 182 valence electrons. The second-order valence-electron chi connectivity index (χ2n) is 10.2. The van der Waals surface area contributed by atoms with Gasteiger partial charge in [0.05, 0.1) is 18.2 Å². The Morgan fingerprint density at radius 2 is 1.94 bits per heavy atom. The molecule has 11 heteroatoms.